The molecule has 0 spiro atoms. The molecule has 0 fully saturated rings. The van der Waals surface area contributed by atoms with Crippen LogP contribution in [0.5, 0.6) is 5.75 Å². The van der Waals surface area contributed by atoms with Crippen LogP contribution in [0.25, 0.3) is 0 Å². The van der Waals surface area contributed by atoms with E-state index in [4.69, 9.17) is 9.47 Å². The minimum absolute atomic E-state index is 0.418. The lowest BCUT2D eigenvalue weighted by Gasteiger charge is -2.15. The molecule has 0 heterocycles. The maximum absolute atomic E-state index is 12.2. The lowest BCUT2D eigenvalue weighted by atomic mass is 10.1. The summed E-state index contributed by atoms with van der Waals surface area (Å²) in [5.41, 5.74) is 2.08. The lowest BCUT2D eigenvalue weighted by molar-refractivity contribution is -0.123. The van der Waals surface area contributed by atoms with Crippen LogP contribution >= 0.6 is 0 Å². The highest BCUT2D eigenvalue weighted by molar-refractivity contribution is 5.98. The maximum atomic E-state index is 12.2. The van der Waals surface area contributed by atoms with Crippen molar-refractivity contribution in [1.29, 1.82) is 0 Å². The summed E-state index contributed by atoms with van der Waals surface area (Å²) >= 11 is 0. The van der Waals surface area contributed by atoms with E-state index in [2.05, 4.69) is 5.32 Å². The third-order valence-corrected chi connectivity index (χ3v) is 3.62. The van der Waals surface area contributed by atoms with E-state index < -0.39 is 18.0 Å². The number of ether oxygens (including phenoxy) is 2. The normalized spacial score (nSPS) is 11.5. The Kier molecular flexibility index (Phi) is 5.95. The molecule has 126 valence electrons. The number of hydrogen-bond donors (Lipinski definition) is 1. The van der Waals surface area contributed by atoms with Crippen LogP contribution in [-0.2, 0) is 16.0 Å². The molecular formula is C19H21NO4. The average molecular weight is 327 g/mol. The molecule has 1 amide bonds. The predicted octanol–water partition coefficient (Wildman–Crippen LogP) is 3.44. The Morgan fingerprint density at radius 3 is 2.38 bits per heavy atom. The second-order valence-corrected chi connectivity index (χ2v) is 5.29. The molecule has 0 saturated carbocycles. The standard InChI is InChI=1S/C19H21NO4/c1-4-14-9-11-15(12-10-14)19(22)24-13(2)18(21)20-16-7-5-6-8-17(16)23-3/h5-13H,4H2,1-3H3,(H,20,21)/t13-/m0/s1. The van der Waals surface area contributed by atoms with Gasteiger partial charge >= 0.3 is 5.97 Å². The highest BCUT2D eigenvalue weighted by Gasteiger charge is 2.20. The molecule has 0 aliphatic rings. The van der Waals surface area contributed by atoms with Gasteiger partial charge in [0, 0.05) is 0 Å². The molecule has 0 aliphatic carbocycles. The van der Waals surface area contributed by atoms with Crippen molar-refractivity contribution in [1.82, 2.24) is 0 Å². The zero-order chi connectivity index (χ0) is 17.5. The molecule has 1 N–H and O–H groups in total. The lowest BCUT2D eigenvalue weighted by Crippen LogP contribution is -2.30. The summed E-state index contributed by atoms with van der Waals surface area (Å²) in [6.07, 6.45) is -0.0270. The van der Waals surface area contributed by atoms with Crippen LogP contribution < -0.4 is 10.1 Å². The van der Waals surface area contributed by atoms with Crippen LogP contribution in [0.2, 0.25) is 0 Å². The summed E-state index contributed by atoms with van der Waals surface area (Å²) in [6, 6.07) is 14.2. The summed E-state index contributed by atoms with van der Waals surface area (Å²) in [6.45, 7) is 3.57. The van der Waals surface area contributed by atoms with Gasteiger partial charge in [-0.15, -0.1) is 0 Å². The Bertz CT molecular complexity index is 710. The second-order valence-electron chi connectivity index (χ2n) is 5.29. The first kappa shape index (κ1) is 17.5. The predicted molar refractivity (Wildman–Crippen MR) is 92.3 cm³/mol. The van der Waals surface area contributed by atoms with Crippen molar-refractivity contribution in [2.45, 2.75) is 26.4 Å². The van der Waals surface area contributed by atoms with Crippen molar-refractivity contribution in [3.8, 4) is 5.75 Å². The van der Waals surface area contributed by atoms with Crippen molar-refractivity contribution < 1.29 is 19.1 Å². The Morgan fingerprint density at radius 1 is 1.08 bits per heavy atom. The van der Waals surface area contributed by atoms with Gasteiger partial charge in [0.15, 0.2) is 6.10 Å². The third-order valence-electron chi connectivity index (χ3n) is 3.62. The maximum Gasteiger partial charge on any atom is 0.338 e. The van der Waals surface area contributed by atoms with E-state index in [1.165, 1.54) is 14.0 Å². The molecule has 2 rings (SSSR count). The van der Waals surface area contributed by atoms with E-state index in [1.807, 2.05) is 19.1 Å². The average Bonchev–Trinajstić information content (AvgIpc) is 2.62. The van der Waals surface area contributed by atoms with Crippen molar-refractivity contribution in [3.05, 3.63) is 59.7 Å². The SMILES string of the molecule is CCc1ccc(C(=O)O[C@@H](C)C(=O)Nc2ccccc2OC)cc1. The second kappa shape index (κ2) is 8.15. The number of carbonyl (C=O) groups is 2. The molecule has 0 aliphatic heterocycles. The van der Waals surface area contributed by atoms with Crippen LogP contribution in [0.4, 0.5) is 5.69 Å². The monoisotopic (exact) mass is 327 g/mol. The van der Waals surface area contributed by atoms with Gasteiger partial charge < -0.3 is 14.8 Å². The molecule has 5 heteroatoms. The van der Waals surface area contributed by atoms with Crippen LogP contribution in [0.15, 0.2) is 48.5 Å². The number of amides is 1. The summed E-state index contributed by atoms with van der Waals surface area (Å²) in [4.78, 5) is 24.3. The number of benzene rings is 2. The van der Waals surface area contributed by atoms with E-state index in [9.17, 15) is 9.59 Å². The Morgan fingerprint density at radius 2 is 1.75 bits per heavy atom. The van der Waals surface area contributed by atoms with Crippen LogP contribution in [-0.4, -0.2) is 25.1 Å². The summed E-state index contributed by atoms with van der Waals surface area (Å²) in [5.74, 6) is -0.405. The van der Waals surface area contributed by atoms with Gasteiger partial charge in [-0.1, -0.05) is 31.2 Å². The number of hydrogen-bond acceptors (Lipinski definition) is 4. The van der Waals surface area contributed by atoms with Gasteiger partial charge in [-0.25, -0.2) is 4.79 Å². The van der Waals surface area contributed by atoms with E-state index in [1.54, 1.807) is 36.4 Å². The number of nitrogens with one attached hydrogen (secondary N) is 1. The fraction of sp³-hybridized carbons (Fsp3) is 0.263. The molecule has 0 aromatic heterocycles. The van der Waals surface area contributed by atoms with E-state index in [-0.39, 0.29) is 0 Å². The van der Waals surface area contributed by atoms with Crippen molar-refractivity contribution in [2.75, 3.05) is 12.4 Å². The van der Waals surface area contributed by atoms with Crippen molar-refractivity contribution in [2.24, 2.45) is 0 Å². The van der Waals surface area contributed by atoms with Crippen LogP contribution in [0.1, 0.15) is 29.8 Å². The number of esters is 1. The Hall–Kier alpha value is -2.82. The Labute approximate surface area is 141 Å². The fourth-order valence-corrected chi connectivity index (χ4v) is 2.14. The smallest absolute Gasteiger partial charge is 0.338 e. The van der Waals surface area contributed by atoms with Gasteiger partial charge in [0.2, 0.25) is 0 Å². The van der Waals surface area contributed by atoms with Crippen molar-refractivity contribution >= 4 is 17.6 Å². The van der Waals surface area contributed by atoms with Gasteiger partial charge in [-0.2, -0.15) is 0 Å². The third kappa shape index (κ3) is 4.35. The molecule has 0 bridgehead atoms. The van der Waals surface area contributed by atoms with Gasteiger partial charge in [-0.05, 0) is 43.2 Å². The molecule has 1 atom stereocenters. The Balaban J connectivity index is 1.98. The quantitative estimate of drug-likeness (QED) is 0.826. The number of rotatable bonds is 6. The molecule has 0 saturated heterocycles. The number of anilines is 1. The first-order valence-corrected chi connectivity index (χ1v) is 7.79. The minimum Gasteiger partial charge on any atom is -0.495 e. The first-order chi connectivity index (χ1) is 11.5. The molecule has 0 unspecified atom stereocenters. The van der Waals surface area contributed by atoms with E-state index in [0.29, 0.717) is 17.0 Å². The van der Waals surface area contributed by atoms with E-state index >= 15 is 0 Å². The number of aryl methyl sites for hydroxylation is 1. The summed E-state index contributed by atoms with van der Waals surface area (Å²) in [7, 11) is 1.52. The van der Waals surface area contributed by atoms with Gasteiger partial charge in [-0.3, -0.25) is 4.79 Å². The van der Waals surface area contributed by atoms with Crippen LogP contribution in [0, 0.1) is 0 Å². The summed E-state index contributed by atoms with van der Waals surface area (Å²) < 4.78 is 10.4. The number of para-hydroxylation sites is 2. The minimum atomic E-state index is -0.923. The highest BCUT2D eigenvalue weighted by atomic mass is 16.5. The number of methoxy groups -OCH3 is 1. The molecule has 24 heavy (non-hydrogen) atoms. The largest absolute Gasteiger partial charge is 0.495 e. The van der Waals surface area contributed by atoms with E-state index in [0.717, 1.165) is 12.0 Å². The first-order valence-electron chi connectivity index (χ1n) is 7.79. The number of carbonyl (C=O) groups excluding carboxylic acids is 2. The summed E-state index contributed by atoms with van der Waals surface area (Å²) in [5, 5.41) is 2.70. The molecule has 5 nitrogen and oxygen atoms in total. The molecule has 2 aromatic carbocycles. The topological polar surface area (TPSA) is 64.6 Å². The zero-order valence-electron chi connectivity index (χ0n) is 14.0. The van der Waals surface area contributed by atoms with Gasteiger partial charge in [0.05, 0.1) is 18.4 Å². The highest BCUT2D eigenvalue weighted by Crippen LogP contribution is 2.23. The molecule has 2 aromatic rings. The van der Waals surface area contributed by atoms with Gasteiger partial charge in [0.1, 0.15) is 5.75 Å². The van der Waals surface area contributed by atoms with Crippen molar-refractivity contribution in [3.63, 3.8) is 0 Å². The zero-order valence-corrected chi connectivity index (χ0v) is 14.0. The van der Waals surface area contributed by atoms with Gasteiger partial charge in [0.25, 0.3) is 5.91 Å². The molecular weight excluding hydrogens is 306 g/mol. The van der Waals surface area contributed by atoms with Crippen LogP contribution in [0.3, 0.4) is 0 Å². The fourth-order valence-electron chi connectivity index (χ4n) is 2.14. The molecule has 0 radical (unpaired) electrons.